The van der Waals surface area contributed by atoms with E-state index >= 15 is 0 Å². The smallest absolute Gasteiger partial charge is 0.303 e. The first-order valence-electron chi connectivity index (χ1n) is 4.96. The van der Waals surface area contributed by atoms with Crippen molar-refractivity contribution in [1.29, 1.82) is 0 Å². The second-order valence-electron chi connectivity index (χ2n) is 3.55. The Morgan fingerprint density at radius 1 is 1.65 bits per heavy atom. The number of rotatable bonds is 5. The summed E-state index contributed by atoms with van der Waals surface area (Å²) in [4.78, 5) is 10.5. The minimum absolute atomic E-state index is 0.0612. The van der Waals surface area contributed by atoms with Gasteiger partial charge in [0, 0.05) is 22.5 Å². The molecule has 0 saturated heterocycles. The van der Waals surface area contributed by atoms with E-state index in [0.717, 1.165) is 0 Å². The van der Waals surface area contributed by atoms with Crippen molar-refractivity contribution < 1.29 is 19.0 Å². The molecular formula is C11H13BrFNO3. The van der Waals surface area contributed by atoms with Gasteiger partial charge in [-0.1, -0.05) is 15.9 Å². The fourth-order valence-corrected chi connectivity index (χ4v) is 1.95. The Balaban J connectivity index is 2.98. The average Bonchev–Trinajstić information content (AvgIpc) is 2.24. The Hall–Kier alpha value is -1.14. The molecule has 94 valence electrons. The van der Waals surface area contributed by atoms with Gasteiger partial charge in [-0.2, -0.15) is 0 Å². The van der Waals surface area contributed by atoms with E-state index in [1.807, 2.05) is 0 Å². The molecule has 1 unspecified atom stereocenters. The van der Waals surface area contributed by atoms with Crippen LogP contribution in [0.4, 0.5) is 4.39 Å². The topological polar surface area (TPSA) is 72.5 Å². The first-order chi connectivity index (χ1) is 7.95. The Bertz CT molecular complexity index is 425. The highest BCUT2D eigenvalue weighted by molar-refractivity contribution is 9.10. The van der Waals surface area contributed by atoms with Gasteiger partial charge in [0.15, 0.2) is 11.6 Å². The van der Waals surface area contributed by atoms with Gasteiger partial charge in [0.25, 0.3) is 0 Å². The number of aliphatic carboxylic acids is 1. The third-order valence-electron chi connectivity index (χ3n) is 2.31. The Labute approximate surface area is 107 Å². The molecule has 1 aromatic carbocycles. The van der Waals surface area contributed by atoms with Crippen LogP contribution in [-0.2, 0) is 4.79 Å². The summed E-state index contributed by atoms with van der Waals surface area (Å²) in [5.41, 5.74) is 6.29. The lowest BCUT2D eigenvalue weighted by atomic mass is 10.0. The molecule has 0 aliphatic rings. The molecule has 3 N–H and O–H groups in total. The molecule has 1 atom stereocenters. The van der Waals surface area contributed by atoms with Crippen LogP contribution < -0.4 is 10.5 Å². The van der Waals surface area contributed by atoms with Gasteiger partial charge in [-0.3, -0.25) is 4.79 Å². The largest absolute Gasteiger partial charge is 0.493 e. The minimum atomic E-state index is -0.935. The van der Waals surface area contributed by atoms with E-state index in [-0.39, 0.29) is 18.6 Å². The Kier molecular flexibility index (Phi) is 4.89. The molecule has 6 heteroatoms. The van der Waals surface area contributed by atoms with E-state index in [9.17, 15) is 9.18 Å². The molecule has 1 aromatic rings. The number of hydrogen-bond donors (Lipinski definition) is 2. The van der Waals surface area contributed by atoms with Crippen molar-refractivity contribution in [3.63, 3.8) is 0 Å². The molecule has 0 radical (unpaired) electrons. The molecule has 0 amide bonds. The minimum Gasteiger partial charge on any atom is -0.493 e. The maximum Gasteiger partial charge on any atom is 0.303 e. The zero-order valence-corrected chi connectivity index (χ0v) is 10.8. The van der Waals surface area contributed by atoms with Gasteiger partial charge in [-0.05, 0) is 18.6 Å². The molecular weight excluding hydrogens is 293 g/mol. The molecule has 17 heavy (non-hydrogen) atoms. The van der Waals surface area contributed by atoms with Crippen molar-refractivity contribution in [2.75, 3.05) is 7.11 Å². The predicted molar refractivity (Wildman–Crippen MR) is 64.5 cm³/mol. The zero-order chi connectivity index (χ0) is 13.0. The zero-order valence-electron chi connectivity index (χ0n) is 9.24. The van der Waals surface area contributed by atoms with Gasteiger partial charge in [0.1, 0.15) is 0 Å². The fraction of sp³-hybridized carbons (Fsp3) is 0.364. The highest BCUT2D eigenvalue weighted by atomic mass is 79.9. The van der Waals surface area contributed by atoms with Crippen LogP contribution in [0.15, 0.2) is 16.6 Å². The molecule has 0 spiro atoms. The lowest BCUT2D eigenvalue weighted by molar-refractivity contribution is -0.137. The maximum atomic E-state index is 13.5. The summed E-state index contributed by atoms with van der Waals surface area (Å²) < 4.78 is 19.0. The second-order valence-corrected chi connectivity index (χ2v) is 4.46. The van der Waals surface area contributed by atoms with Crippen molar-refractivity contribution in [2.45, 2.75) is 18.9 Å². The van der Waals surface area contributed by atoms with Gasteiger partial charge < -0.3 is 15.6 Å². The van der Waals surface area contributed by atoms with Crippen LogP contribution in [0.1, 0.15) is 24.4 Å². The quantitative estimate of drug-likeness (QED) is 0.876. The van der Waals surface area contributed by atoms with Gasteiger partial charge in [-0.25, -0.2) is 4.39 Å². The number of nitrogens with two attached hydrogens (primary N) is 1. The van der Waals surface area contributed by atoms with Gasteiger partial charge in [0.05, 0.1) is 7.11 Å². The summed E-state index contributed by atoms with van der Waals surface area (Å²) in [5, 5.41) is 8.57. The van der Waals surface area contributed by atoms with Gasteiger partial charge in [-0.15, -0.1) is 0 Å². The summed E-state index contributed by atoms with van der Waals surface area (Å²) in [5.74, 6) is -1.40. The van der Waals surface area contributed by atoms with Crippen molar-refractivity contribution in [1.82, 2.24) is 0 Å². The molecule has 1 rings (SSSR count). The average molecular weight is 306 g/mol. The van der Waals surface area contributed by atoms with Crippen LogP contribution in [0.5, 0.6) is 5.75 Å². The molecule has 0 saturated carbocycles. The summed E-state index contributed by atoms with van der Waals surface area (Å²) in [6, 6.07) is 2.33. The van der Waals surface area contributed by atoms with E-state index < -0.39 is 17.8 Å². The van der Waals surface area contributed by atoms with E-state index in [4.69, 9.17) is 15.6 Å². The SMILES string of the molecule is COc1c(F)cc(Br)cc1C(N)CCC(=O)O. The third-order valence-corrected chi connectivity index (χ3v) is 2.77. The molecule has 0 aliphatic carbocycles. The lowest BCUT2D eigenvalue weighted by Gasteiger charge is -2.16. The molecule has 4 nitrogen and oxygen atoms in total. The van der Waals surface area contributed by atoms with E-state index in [0.29, 0.717) is 10.0 Å². The van der Waals surface area contributed by atoms with E-state index in [2.05, 4.69) is 15.9 Å². The van der Waals surface area contributed by atoms with E-state index in [1.165, 1.54) is 13.2 Å². The molecule has 0 aromatic heterocycles. The van der Waals surface area contributed by atoms with Crippen LogP contribution in [0.3, 0.4) is 0 Å². The number of halogens is 2. The maximum absolute atomic E-state index is 13.5. The molecule has 0 bridgehead atoms. The van der Waals surface area contributed by atoms with Gasteiger partial charge in [0.2, 0.25) is 0 Å². The van der Waals surface area contributed by atoms with Crippen LogP contribution in [0, 0.1) is 5.82 Å². The van der Waals surface area contributed by atoms with Crippen LogP contribution >= 0.6 is 15.9 Å². The number of benzene rings is 1. The third kappa shape index (κ3) is 3.67. The summed E-state index contributed by atoms with van der Waals surface area (Å²) >= 11 is 3.16. The van der Waals surface area contributed by atoms with E-state index in [1.54, 1.807) is 6.07 Å². The number of methoxy groups -OCH3 is 1. The highest BCUT2D eigenvalue weighted by Gasteiger charge is 2.17. The number of hydrogen-bond acceptors (Lipinski definition) is 3. The number of ether oxygens (including phenoxy) is 1. The molecule has 0 aliphatic heterocycles. The van der Waals surface area contributed by atoms with Crippen molar-refractivity contribution in [3.8, 4) is 5.75 Å². The second kappa shape index (κ2) is 5.97. The first kappa shape index (κ1) is 13.9. The summed E-state index contributed by atoms with van der Waals surface area (Å²) in [6.07, 6.45) is 0.153. The van der Waals surface area contributed by atoms with Crippen molar-refractivity contribution in [3.05, 3.63) is 28.0 Å². The van der Waals surface area contributed by atoms with Crippen LogP contribution in [-0.4, -0.2) is 18.2 Å². The Morgan fingerprint density at radius 3 is 2.82 bits per heavy atom. The lowest BCUT2D eigenvalue weighted by Crippen LogP contribution is -2.14. The number of carboxylic acids is 1. The van der Waals surface area contributed by atoms with Crippen molar-refractivity contribution >= 4 is 21.9 Å². The van der Waals surface area contributed by atoms with Crippen LogP contribution in [0.2, 0.25) is 0 Å². The number of carboxylic acid groups (broad SMARTS) is 1. The first-order valence-corrected chi connectivity index (χ1v) is 5.75. The fourth-order valence-electron chi connectivity index (χ4n) is 1.51. The predicted octanol–water partition coefficient (Wildman–Crippen LogP) is 2.46. The monoisotopic (exact) mass is 305 g/mol. The summed E-state index contributed by atoms with van der Waals surface area (Å²) in [7, 11) is 1.35. The van der Waals surface area contributed by atoms with Gasteiger partial charge >= 0.3 is 5.97 Å². The summed E-state index contributed by atoms with van der Waals surface area (Å²) in [6.45, 7) is 0. The Morgan fingerprint density at radius 2 is 2.29 bits per heavy atom. The highest BCUT2D eigenvalue weighted by Crippen LogP contribution is 2.32. The molecule has 0 fully saturated rings. The van der Waals surface area contributed by atoms with Crippen LogP contribution in [0.25, 0.3) is 0 Å². The standard InChI is InChI=1S/C11H13BrFNO3/c1-17-11-7(4-6(12)5-8(11)13)9(14)2-3-10(15)16/h4-5,9H,2-3,14H2,1H3,(H,15,16). The normalized spacial score (nSPS) is 12.2. The number of carbonyl (C=O) groups is 1. The van der Waals surface area contributed by atoms with Crippen molar-refractivity contribution in [2.24, 2.45) is 5.73 Å². The molecule has 0 heterocycles.